The molecule has 1 aromatic carbocycles. The first-order valence-corrected chi connectivity index (χ1v) is 5.40. The van der Waals surface area contributed by atoms with E-state index in [-0.39, 0.29) is 11.8 Å². The summed E-state index contributed by atoms with van der Waals surface area (Å²) in [6.07, 6.45) is 0. The maximum atomic E-state index is 13.0. The number of benzene rings is 1. The number of aryl methyl sites for hydroxylation is 1. The molecule has 4 heteroatoms. The molecule has 0 aromatic heterocycles. The zero-order valence-corrected chi connectivity index (χ0v) is 9.88. The predicted octanol–water partition coefficient (Wildman–Crippen LogP) is 3.01. The van der Waals surface area contributed by atoms with Crippen molar-refractivity contribution in [2.75, 3.05) is 18.4 Å². The number of rotatable bonds is 3. The Morgan fingerprint density at radius 2 is 2.00 bits per heavy atom. The van der Waals surface area contributed by atoms with Gasteiger partial charge in [-0.2, -0.15) is 0 Å². The molecular formula is C12H17FN2O. The van der Waals surface area contributed by atoms with Gasteiger partial charge in [-0.1, -0.05) is 6.07 Å². The van der Waals surface area contributed by atoms with Gasteiger partial charge in [0.25, 0.3) is 0 Å². The van der Waals surface area contributed by atoms with Gasteiger partial charge in [0, 0.05) is 18.8 Å². The third-order valence-corrected chi connectivity index (χ3v) is 2.49. The number of amides is 2. The molecule has 0 aliphatic rings. The quantitative estimate of drug-likeness (QED) is 0.841. The summed E-state index contributed by atoms with van der Waals surface area (Å²) in [5, 5.41) is 2.70. The molecule has 2 amide bonds. The molecular weight excluding hydrogens is 207 g/mol. The number of carbonyl (C=O) groups excluding carboxylic acids is 1. The van der Waals surface area contributed by atoms with Crippen LogP contribution in [-0.2, 0) is 0 Å². The standard InChI is InChI=1S/C12H17FN2O/c1-4-15(5-2)12(16)14-11-8-10(13)7-6-9(11)3/h6-8H,4-5H2,1-3H3,(H,14,16). The van der Waals surface area contributed by atoms with Gasteiger partial charge in [-0.05, 0) is 38.5 Å². The fourth-order valence-electron chi connectivity index (χ4n) is 1.43. The number of hydrogen-bond donors (Lipinski definition) is 1. The van der Waals surface area contributed by atoms with E-state index in [1.54, 1.807) is 11.0 Å². The minimum Gasteiger partial charge on any atom is -0.325 e. The summed E-state index contributed by atoms with van der Waals surface area (Å²) in [6.45, 7) is 6.91. The summed E-state index contributed by atoms with van der Waals surface area (Å²) in [6, 6.07) is 4.16. The molecule has 0 aliphatic carbocycles. The monoisotopic (exact) mass is 224 g/mol. The Bertz CT molecular complexity index is 375. The van der Waals surface area contributed by atoms with E-state index >= 15 is 0 Å². The van der Waals surface area contributed by atoms with E-state index in [0.717, 1.165) is 5.56 Å². The summed E-state index contributed by atoms with van der Waals surface area (Å²) < 4.78 is 13.0. The van der Waals surface area contributed by atoms with Crippen LogP contribution < -0.4 is 5.32 Å². The van der Waals surface area contributed by atoms with Crippen LogP contribution in [0.25, 0.3) is 0 Å². The van der Waals surface area contributed by atoms with E-state index < -0.39 is 0 Å². The van der Waals surface area contributed by atoms with Gasteiger partial charge in [-0.25, -0.2) is 9.18 Å². The fourth-order valence-corrected chi connectivity index (χ4v) is 1.43. The Kier molecular flexibility index (Phi) is 4.28. The predicted molar refractivity (Wildman–Crippen MR) is 63.1 cm³/mol. The van der Waals surface area contributed by atoms with Crippen LogP contribution in [0, 0.1) is 12.7 Å². The van der Waals surface area contributed by atoms with Crippen LogP contribution in [0.1, 0.15) is 19.4 Å². The number of nitrogens with zero attached hydrogens (tertiary/aromatic N) is 1. The van der Waals surface area contributed by atoms with E-state index in [1.165, 1.54) is 12.1 Å². The van der Waals surface area contributed by atoms with Gasteiger partial charge in [0.15, 0.2) is 0 Å². The fraction of sp³-hybridized carbons (Fsp3) is 0.417. The minimum atomic E-state index is -0.347. The molecule has 0 aliphatic heterocycles. The second kappa shape index (κ2) is 5.49. The molecule has 0 atom stereocenters. The molecule has 88 valence electrons. The van der Waals surface area contributed by atoms with E-state index in [9.17, 15) is 9.18 Å². The minimum absolute atomic E-state index is 0.196. The zero-order valence-electron chi connectivity index (χ0n) is 9.88. The molecule has 0 radical (unpaired) electrons. The highest BCUT2D eigenvalue weighted by atomic mass is 19.1. The Hall–Kier alpha value is -1.58. The lowest BCUT2D eigenvalue weighted by Crippen LogP contribution is -2.34. The summed E-state index contributed by atoms with van der Waals surface area (Å²) >= 11 is 0. The second-order valence-electron chi connectivity index (χ2n) is 3.56. The normalized spacial score (nSPS) is 10.0. The molecule has 1 rings (SSSR count). The lowest BCUT2D eigenvalue weighted by atomic mass is 10.2. The Labute approximate surface area is 95.3 Å². The van der Waals surface area contributed by atoms with E-state index in [4.69, 9.17) is 0 Å². The van der Waals surface area contributed by atoms with Crippen molar-refractivity contribution in [1.29, 1.82) is 0 Å². The van der Waals surface area contributed by atoms with E-state index in [2.05, 4.69) is 5.32 Å². The first kappa shape index (κ1) is 12.5. The molecule has 0 saturated heterocycles. The van der Waals surface area contributed by atoms with Crippen molar-refractivity contribution >= 4 is 11.7 Å². The molecule has 0 heterocycles. The summed E-state index contributed by atoms with van der Waals surface area (Å²) in [5.41, 5.74) is 1.37. The van der Waals surface area contributed by atoms with E-state index in [0.29, 0.717) is 18.8 Å². The first-order chi connectivity index (χ1) is 7.58. The molecule has 16 heavy (non-hydrogen) atoms. The van der Waals surface area contributed by atoms with Crippen LogP contribution in [-0.4, -0.2) is 24.0 Å². The molecule has 0 fully saturated rings. The Balaban J connectivity index is 2.80. The van der Waals surface area contributed by atoms with Crippen molar-refractivity contribution in [3.05, 3.63) is 29.6 Å². The summed E-state index contributed by atoms with van der Waals surface area (Å²) in [4.78, 5) is 13.4. The highest BCUT2D eigenvalue weighted by Crippen LogP contribution is 2.16. The van der Waals surface area contributed by atoms with Gasteiger partial charge < -0.3 is 10.2 Å². The van der Waals surface area contributed by atoms with Gasteiger partial charge in [0.2, 0.25) is 0 Å². The van der Waals surface area contributed by atoms with Crippen LogP contribution in [0.4, 0.5) is 14.9 Å². The van der Waals surface area contributed by atoms with Crippen molar-refractivity contribution in [2.45, 2.75) is 20.8 Å². The third-order valence-electron chi connectivity index (χ3n) is 2.49. The van der Waals surface area contributed by atoms with E-state index in [1.807, 2.05) is 20.8 Å². The lowest BCUT2D eigenvalue weighted by Gasteiger charge is -2.19. The highest BCUT2D eigenvalue weighted by Gasteiger charge is 2.10. The van der Waals surface area contributed by atoms with Gasteiger partial charge in [-0.3, -0.25) is 0 Å². The van der Waals surface area contributed by atoms with Crippen LogP contribution in [0.5, 0.6) is 0 Å². The maximum Gasteiger partial charge on any atom is 0.321 e. The molecule has 3 nitrogen and oxygen atoms in total. The topological polar surface area (TPSA) is 32.3 Å². The first-order valence-electron chi connectivity index (χ1n) is 5.40. The average molecular weight is 224 g/mol. The lowest BCUT2D eigenvalue weighted by molar-refractivity contribution is 0.217. The van der Waals surface area contributed by atoms with Crippen molar-refractivity contribution in [3.8, 4) is 0 Å². The zero-order chi connectivity index (χ0) is 12.1. The Morgan fingerprint density at radius 1 is 1.38 bits per heavy atom. The Morgan fingerprint density at radius 3 is 2.56 bits per heavy atom. The number of hydrogen-bond acceptors (Lipinski definition) is 1. The van der Waals surface area contributed by atoms with Gasteiger partial charge in [0.05, 0.1) is 0 Å². The summed E-state index contributed by atoms with van der Waals surface area (Å²) in [7, 11) is 0. The van der Waals surface area contributed by atoms with Crippen molar-refractivity contribution in [3.63, 3.8) is 0 Å². The maximum absolute atomic E-state index is 13.0. The largest absolute Gasteiger partial charge is 0.325 e. The SMILES string of the molecule is CCN(CC)C(=O)Nc1cc(F)ccc1C. The molecule has 0 unspecified atom stereocenters. The van der Waals surface area contributed by atoms with Gasteiger partial charge >= 0.3 is 6.03 Å². The molecule has 0 spiro atoms. The summed E-state index contributed by atoms with van der Waals surface area (Å²) in [5.74, 6) is -0.347. The van der Waals surface area contributed by atoms with Gasteiger partial charge in [0.1, 0.15) is 5.82 Å². The molecule has 0 bridgehead atoms. The average Bonchev–Trinajstić information content (AvgIpc) is 2.25. The van der Waals surface area contributed by atoms with Crippen LogP contribution in [0.2, 0.25) is 0 Å². The molecule has 0 saturated carbocycles. The van der Waals surface area contributed by atoms with Crippen LogP contribution >= 0.6 is 0 Å². The van der Waals surface area contributed by atoms with Crippen molar-refractivity contribution in [1.82, 2.24) is 4.90 Å². The number of urea groups is 1. The molecule has 1 N–H and O–H groups in total. The number of anilines is 1. The smallest absolute Gasteiger partial charge is 0.321 e. The number of nitrogens with one attached hydrogen (secondary N) is 1. The number of halogens is 1. The van der Waals surface area contributed by atoms with Gasteiger partial charge in [-0.15, -0.1) is 0 Å². The second-order valence-corrected chi connectivity index (χ2v) is 3.56. The van der Waals surface area contributed by atoms with Crippen molar-refractivity contribution in [2.24, 2.45) is 0 Å². The van der Waals surface area contributed by atoms with Crippen LogP contribution in [0.3, 0.4) is 0 Å². The third kappa shape index (κ3) is 2.95. The van der Waals surface area contributed by atoms with Crippen LogP contribution in [0.15, 0.2) is 18.2 Å². The molecule has 1 aromatic rings. The van der Waals surface area contributed by atoms with Crippen molar-refractivity contribution < 1.29 is 9.18 Å². The number of carbonyl (C=O) groups is 1. The highest BCUT2D eigenvalue weighted by molar-refractivity contribution is 5.90.